The lowest BCUT2D eigenvalue weighted by molar-refractivity contribution is -0.181. The molecule has 0 aliphatic rings. The molecule has 0 amide bonds. The predicted molar refractivity (Wildman–Crippen MR) is 77.9 cm³/mol. The number of aromatic nitrogens is 4. The van der Waals surface area contributed by atoms with E-state index in [1.54, 1.807) is 0 Å². The van der Waals surface area contributed by atoms with Crippen molar-refractivity contribution < 1.29 is 13.2 Å². The van der Waals surface area contributed by atoms with Gasteiger partial charge in [0, 0.05) is 11.5 Å². The molecular weight excluding hydrogens is 301 g/mol. The second kappa shape index (κ2) is 4.93. The van der Waals surface area contributed by atoms with Crippen LogP contribution in [0.3, 0.4) is 0 Å². The van der Waals surface area contributed by atoms with Gasteiger partial charge in [0.05, 0.1) is 5.69 Å². The topological polar surface area (TPSA) is 46.0 Å². The van der Waals surface area contributed by atoms with Crippen molar-refractivity contribution in [1.29, 1.82) is 0 Å². The zero-order chi connectivity index (χ0) is 16.1. The summed E-state index contributed by atoms with van der Waals surface area (Å²) in [5, 5.41) is 10.9. The minimum absolute atomic E-state index is 0.0721. The molecule has 2 rings (SSSR count). The number of thiol groups is 1. The number of fused-ring (bicyclic) bond motifs is 1. The molecule has 0 saturated heterocycles. The Kier molecular flexibility index (Phi) is 3.80. The minimum Gasteiger partial charge on any atom is -0.294 e. The van der Waals surface area contributed by atoms with Crippen molar-refractivity contribution in [2.24, 2.45) is 0 Å². The molecule has 2 aromatic rings. The van der Waals surface area contributed by atoms with Crippen LogP contribution in [0, 0.1) is 0 Å². The summed E-state index contributed by atoms with van der Waals surface area (Å²) >= 11 is 4.21. The fourth-order valence-corrected chi connectivity index (χ4v) is 2.64. The highest BCUT2D eigenvalue weighted by atomic mass is 32.1. The third-order valence-corrected chi connectivity index (χ3v) is 4.14. The van der Waals surface area contributed by atoms with Crippen LogP contribution in [0.2, 0.25) is 0 Å². The van der Waals surface area contributed by atoms with Gasteiger partial charge in [-0.25, -0.2) is 4.52 Å². The summed E-state index contributed by atoms with van der Waals surface area (Å²) in [5.41, 5.74) is -1.84. The van der Waals surface area contributed by atoms with E-state index >= 15 is 0 Å². The van der Waals surface area contributed by atoms with Crippen LogP contribution in [-0.4, -0.2) is 31.7 Å². The highest BCUT2D eigenvalue weighted by Gasteiger charge is 2.50. The summed E-state index contributed by atoms with van der Waals surface area (Å²) in [4.78, 5) is 0. The van der Waals surface area contributed by atoms with Crippen LogP contribution in [0.15, 0.2) is 6.07 Å². The number of rotatable bonds is 4. The predicted octanol–water partition coefficient (Wildman–Crippen LogP) is 3.49. The Hall–Kier alpha value is -1.18. The molecule has 8 heteroatoms. The second-order valence-electron chi connectivity index (χ2n) is 6.37. The lowest BCUT2D eigenvalue weighted by atomic mass is 9.89. The summed E-state index contributed by atoms with van der Waals surface area (Å²) in [6.07, 6.45) is -3.60. The van der Waals surface area contributed by atoms with Crippen molar-refractivity contribution in [1.82, 2.24) is 19.8 Å². The summed E-state index contributed by atoms with van der Waals surface area (Å²) in [6.45, 7) is 6.22. The third kappa shape index (κ3) is 2.65. The lowest BCUT2D eigenvalue weighted by Gasteiger charge is -2.26. The fraction of sp³-hybridized carbons (Fsp3) is 0.692. The van der Waals surface area contributed by atoms with E-state index in [2.05, 4.69) is 27.9 Å². The number of aromatic amines is 1. The number of hydrogen-bond acceptors (Lipinski definition) is 3. The molecular formula is C13H19F3N4S. The molecule has 2 heterocycles. The van der Waals surface area contributed by atoms with Crippen LogP contribution in [0.4, 0.5) is 13.2 Å². The Bertz CT molecular complexity index is 639. The zero-order valence-electron chi connectivity index (χ0n) is 12.4. The van der Waals surface area contributed by atoms with E-state index in [1.807, 2.05) is 13.8 Å². The van der Waals surface area contributed by atoms with E-state index in [1.165, 1.54) is 10.6 Å². The van der Waals surface area contributed by atoms with Crippen LogP contribution in [0.1, 0.15) is 45.6 Å². The Balaban J connectivity index is 2.52. The van der Waals surface area contributed by atoms with E-state index in [-0.39, 0.29) is 11.1 Å². The number of halogens is 3. The first-order chi connectivity index (χ1) is 9.50. The minimum atomic E-state index is -4.34. The van der Waals surface area contributed by atoms with Gasteiger partial charge in [-0.1, -0.05) is 13.8 Å². The molecule has 4 nitrogen and oxygen atoms in total. The summed E-state index contributed by atoms with van der Waals surface area (Å²) < 4.78 is 40.9. The molecule has 0 aromatic carbocycles. The Morgan fingerprint density at radius 1 is 1.19 bits per heavy atom. The van der Waals surface area contributed by atoms with Gasteiger partial charge in [-0.3, -0.25) is 5.10 Å². The third-order valence-electron chi connectivity index (χ3n) is 3.92. The molecule has 0 spiro atoms. The largest absolute Gasteiger partial charge is 0.399 e. The fourth-order valence-electron chi connectivity index (χ4n) is 2.08. The van der Waals surface area contributed by atoms with Crippen LogP contribution >= 0.6 is 12.6 Å². The van der Waals surface area contributed by atoms with Gasteiger partial charge in [-0.05, 0) is 26.0 Å². The zero-order valence-corrected chi connectivity index (χ0v) is 13.3. The molecule has 1 N–H and O–H groups in total. The van der Waals surface area contributed by atoms with Crippen LogP contribution < -0.4 is 0 Å². The van der Waals surface area contributed by atoms with E-state index < -0.39 is 11.6 Å². The van der Waals surface area contributed by atoms with Crippen LogP contribution in [-0.2, 0) is 10.8 Å². The standard InChI is InChI=1S/C13H19F3N4S/c1-11(2,5-6-21)10-18-17-9-7-8(19-20(9)10)12(3,4)13(14,15)16/h7,19,21H,5-6H2,1-4H3. The normalized spacial score (nSPS) is 14.1. The molecule has 118 valence electrons. The molecule has 0 radical (unpaired) electrons. The van der Waals surface area contributed by atoms with Crippen molar-refractivity contribution in [2.75, 3.05) is 5.75 Å². The summed E-state index contributed by atoms with van der Waals surface area (Å²) in [6, 6.07) is 1.40. The van der Waals surface area contributed by atoms with Gasteiger partial charge in [0.2, 0.25) is 0 Å². The van der Waals surface area contributed by atoms with E-state index in [0.29, 0.717) is 17.2 Å². The van der Waals surface area contributed by atoms with E-state index in [0.717, 1.165) is 20.3 Å². The maximum absolute atomic E-state index is 13.1. The van der Waals surface area contributed by atoms with Crippen molar-refractivity contribution in [3.63, 3.8) is 0 Å². The average molecular weight is 320 g/mol. The van der Waals surface area contributed by atoms with Gasteiger partial charge in [-0.2, -0.15) is 25.8 Å². The number of nitrogens with zero attached hydrogens (tertiary/aromatic N) is 3. The Morgan fingerprint density at radius 2 is 1.81 bits per heavy atom. The monoisotopic (exact) mass is 320 g/mol. The average Bonchev–Trinajstić information content (AvgIpc) is 2.85. The highest BCUT2D eigenvalue weighted by molar-refractivity contribution is 7.80. The molecule has 0 unspecified atom stereocenters. The van der Waals surface area contributed by atoms with E-state index in [4.69, 9.17) is 0 Å². The van der Waals surface area contributed by atoms with Crippen molar-refractivity contribution in [3.8, 4) is 0 Å². The molecule has 21 heavy (non-hydrogen) atoms. The van der Waals surface area contributed by atoms with Crippen molar-refractivity contribution in [3.05, 3.63) is 17.6 Å². The van der Waals surface area contributed by atoms with Crippen LogP contribution in [0.25, 0.3) is 5.65 Å². The van der Waals surface area contributed by atoms with Gasteiger partial charge in [-0.15, -0.1) is 10.2 Å². The lowest BCUT2D eigenvalue weighted by Crippen LogP contribution is -2.37. The maximum Gasteiger partial charge on any atom is 0.399 e. The molecule has 0 saturated carbocycles. The number of alkyl halides is 3. The number of H-pyrrole nitrogens is 1. The smallest absolute Gasteiger partial charge is 0.294 e. The van der Waals surface area contributed by atoms with Gasteiger partial charge in [0.15, 0.2) is 11.5 Å². The van der Waals surface area contributed by atoms with Gasteiger partial charge >= 0.3 is 6.18 Å². The van der Waals surface area contributed by atoms with E-state index in [9.17, 15) is 13.2 Å². The second-order valence-corrected chi connectivity index (χ2v) is 6.81. The maximum atomic E-state index is 13.1. The molecule has 0 bridgehead atoms. The quantitative estimate of drug-likeness (QED) is 0.847. The molecule has 0 fully saturated rings. The Morgan fingerprint density at radius 3 is 2.33 bits per heavy atom. The van der Waals surface area contributed by atoms with Gasteiger partial charge < -0.3 is 0 Å². The Labute approximate surface area is 126 Å². The molecule has 2 aromatic heterocycles. The van der Waals surface area contributed by atoms with Gasteiger partial charge in [0.1, 0.15) is 5.41 Å². The molecule has 0 aliphatic carbocycles. The van der Waals surface area contributed by atoms with Crippen molar-refractivity contribution >= 4 is 18.3 Å². The van der Waals surface area contributed by atoms with Crippen LogP contribution in [0.5, 0.6) is 0 Å². The first-order valence-electron chi connectivity index (χ1n) is 6.63. The first kappa shape index (κ1) is 16.2. The van der Waals surface area contributed by atoms with Gasteiger partial charge in [0.25, 0.3) is 0 Å². The summed E-state index contributed by atoms with van der Waals surface area (Å²) in [5.74, 6) is 1.26. The first-order valence-corrected chi connectivity index (χ1v) is 7.26. The molecule has 0 aliphatic heterocycles. The summed E-state index contributed by atoms with van der Waals surface area (Å²) in [7, 11) is 0. The molecule has 0 atom stereocenters. The SMILES string of the molecule is CC(C)(CCS)c1nnc2cc(C(C)(C)C(F)(F)F)[nH]n12. The number of nitrogens with one attached hydrogen (secondary N) is 1. The highest BCUT2D eigenvalue weighted by Crippen LogP contribution is 2.40. The van der Waals surface area contributed by atoms with Crippen molar-refractivity contribution in [2.45, 2.75) is 51.1 Å². The number of hydrogen-bond donors (Lipinski definition) is 2.